The molecule has 0 aliphatic rings. The van der Waals surface area contributed by atoms with Crippen LogP contribution in [0, 0.1) is 0 Å². The van der Waals surface area contributed by atoms with Gasteiger partial charge in [0, 0.05) is 19.5 Å². The summed E-state index contributed by atoms with van der Waals surface area (Å²) in [5, 5.41) is 4.23. The molecule has 0 N–H and O–H groups in total. The molecule has 3 aromatic rings. The monoisotopic (exact) mass is 289 g/mol. The number of rotatable bonds is 4. The average molecular weight is 289 g/mol. The molecule has 0 radical (unpaired) electrons. The highest BCUT2D eigenvalue weighted by atomic mass is 15.4. The fourth-order valence-electron chi connectivity index (χ4n) is 1.87. The van der Waals surface area contributed by atoms with Gasteiger partial charge in [-0.25, -0.2) is 14.7 Å². The van der Waals surface area contributed by atoms with E-state index in [0.29, 0.717) is 11.9 Å². The van der Waals surface area contributed by atoms with Crippen molar-refractivity contribution in [2.24, 2.45) is 17.0 Å². The number of aromatic nitrogens is 3. The molecule has 0 aliphatic heterocycles. The molecule has 0 amide bonds. The van der Waals surface area contributed by atoms with E-state index in [2.05, 4.69) is 20.1 Å². The number of benzene rings is 2. The first kappa shape index (κ1) is 13.9. The van der Waals surface area contributed by atoms with Crippen LogP contribution < -0.4 is 0 Å². The molecule has 3 rings (SSSR count). The van der Waals surface area contributed by atoms with Crippen LogP contribution >= 0.6 is 0 Å². The molecule has 5 nitrogen and oxygen atoms in total. The molecule has 0 unspecified atom stereocenters. The molecule has 22 heavy (non-hydrogen) atoms. The van der Waals surface area contributed by atoms with Crippen LogP contribution in [0.5, 0.6) is 0 Å². The van der Waals surface area contributed by atoms with Crippen LogP contribution in [0.15, 0.2) is 70.6 Å². The smallest absolute Gasteiger partial charge is 0.231 e. The van der Waals surface area contributed by atoms with E-state index in [1.54, 1.807) is 24.2 Å². The van der Waals surface area contributed by atoms with Gasteiger partial charge in [-0.1, -0.05) is 60.7 Å². The molecule has 0 fully saturated rings. The molecule has 2 aromatic carbocycles. The van der Waals surface area contributed by atoms with Crippen LogP contribution in [-0.4, -0.2) is 27.2 Å². The van der Waals surface area contributed by atoms with E-state index in [4.69, 9.17) is 0 Å². The summed E-state index contributed by atoms with van der Waals surface area (Å²) in [6.45, 7) is 0. The highest BCUT2D eigenvalue weighted by Gasteiger charge is 2.03. The topological polar surface area (TPSA) is 55.4 Å². The summed E-state index contributed by atoms with van der Waals surface area (Å²) in [4.78, 5) is 12.9. The third-order valence-electron chi connectivity index (χ3n) is 2.99. The molecule has 0 bridgehead atoms. The summed E-state index contributed by atoms with van der Waals surface area (Å²) >= 11 is 0. The summed E-state index contributed by atoms with van der Waals surface area (Å²) in [5.74, 6) is 0.913. The zero-order valence-corrected chi connectivity index (χ0v) is 12.2. The quantitative estimate of drug-likeness (QED) is 0.692. The van der Waals surface area contributed by atoms with Gasteiger partial charge in [-0.05, 0) is 11.1 Å². The van der Waals surface area contributed by atoms with Crippen LogP contribution in [0.4, 0.5) is 11.9 Å². The summed E-state index contributed by atoms with van der Waals surface area (Å²) in [6, 6.07) is 19.7. The predicted molar refractivity (Wildman–Crippen MR) is 88.4 cm³/mol. The fourth-order valence-corrected chi connectivity index (χ4v) is 1.87. The Balaban J connectivity index is 1.76. The Hall–Kier alpha value is -3.08. The number of aliphatic imine (C=N–C) groups is 2. The summed E-state index contributed by atoms with van der Waals surface area (Å²) in [7, 11) is 1.80. The molecule has 0 aliphatic carbocycles. The van der Waals surface area contributed by atoms with Gasteiger partial charge in [-0.2, -0.15) is 4.98 Å². The first-order valence-corrected chi connectivity index (χ1v) is 6.90. The first-order valence-electron chi connectivity index (χ1n) is 6.90. The normalized spacial score (nSPS) is 11.5. The van der Waals surface area contributed by atoms with Gasteiger partial charge in [0.1, 0.15) is 0 Å². The van der Waals surface area contributed by atoms with E-state index in [1.807, 2.05) is 60.7 Å². The predicted octanol–water partition coefficient (Wildman–Crippen LogP) is 3.32. The van der Waals surface area contributed by atoms with E-state index in [1.165, 1.54) is 0 Å². The highest BCUT2D eigenvalue weighted by Crippen LogP contribution is 2.13. The maximum absolute atomic E-state index is 4.34. The minimum absolute atomic E-state index is 0.395. The number of aryl methyl sites for hydroxylation is 1. The van der Waals surface area contributed by atoms with Gasteiger partial charge >= 0.3 is 0 Å². The van der Waals surface area contributed by atoms with Crippen LogP contribution in [0.2, 0.25) is 0 Å². The van der Waals surface area contributed by atoms with Gasteiger partial charge in [0.25, 0.3) is 5.95 Å². The largest absolute Gasteiger partial charge is 0.270 e. The van der Waals surface area contributed by atoms with Crippen molar-refractivity contribution >= 4 is 24.3 Å². The van der Waals surface area contributed by atoms with Crippen molar-refractivity contribution < 1.29 is 0 Å². The van der Waals surface area contributed by atoms with Crippen molar-refractivity contribution in [2.75, 3.05) is 0 Å². The zero-order valence-electron chi connectivity index (χ0n) is 12.2. The highest BCUT2D eigenvalue weighted by molar-refractivity contribution is 5.82. The summed E-state index contributed by atoms with van der Waals surface area (Å²) < 4.78 is 1.61. The van der Waals surface area contributed by atoms with E-state index in [0.717, 1.165) is 11.1 Å². The molecular weight excluding hydrogens is 274 g/mol. The summed E-state index contributed by atoms with van der Waals surface area (Å²) in [5.41, 5.74) is 2.02. The van der Waals surface area contributed by atoms with Crippen LogP contribution in [0.3, 0.4) is 0 Å². The van der Waals surface area contributed by atoms with Gasteiger partial charge in [-0.15, -0.1) is 5.10 Å². The molecule has 0 saturated carbocycles. The summed E-state index contributed by atoms with van der Waals surface area (Å²) in [6.07, 6.45) is 3.49. The minimum Gasteiger partial charge on any atom is -0.231 e. The third kappa shape index (κ3) is 3.52. The van der Waals surface area contributed by atoms with Crippen molar-refractivity contribution in [3.8, 4) is 0 Å². The van der Waals surface area contributed by atoms with Crippen molar-refractivity contribution in [1.29, 1.82) is 0 Å². The first-order chi connectivity index (χ1) is 10.8. The standard InChI is InChI=1S/C17H15N5/c1-22-17(19-13-15-10-6-3-7-11-15)20-16(21-22)18-12-14-8-4-2-5-9-14/h2-13H,1H3. The molecule has 1 heterocycles. The molecule has 5 heteroatoms. The lowest BCUT2D eigenvalue weighted by atomic mass is 10.2. The molecular formula is C17H15N5. The lowest BCUT2D eigenvalue weighted by Crippen LogP contribution is -1.89. The molecule has 0 atom stereocenters. The van der Waals surface area contributed by atoms with Crippen molar-refractivity contribution in [2.45, 2.75) is 0 Å². The van der Waals surface area contributed by atoms with Crippen LogP contribution in [0.25, 0.3) is 0 Å². The van der Waals surface area contributed by atoms with Gasteiger partial charge in [0.2, 0.25) is 5.95 Å². The number of nitrogens with zero attached hydrogens (tertiary/aromatic N) is 5. The average Bonchev–Trinajstić information content (AvgIpc) is 2.93. The van der Waals surface area contributed by atoms with Crippen LogP contribution in [0.1, 0.15) is 11.1 Å². The second-order valence-corrected chi connectivity index (χ2v) is 4.67. The van der Waals surface area contributed by atoms with Gasteiger partial charge in [-0.3, -0.25) is 0 Å². The lowest BCUT2D eigenvalue weighted by Gasteiger charge is -1.91. The minimum atomic E-state index is 0.395. The lowest BCUT2D eigenvalue weighted by molar-refractivity contribution is 0.770. The second-order valence-electron chi connectivity index (χ2n) is 4.67. The molecule has 0 spiro atoms. The number of hydrogen-bond donors (Lipinski definition) is 0. The van der Waals surface area contributed by atoms with Crippen LogP contribution in [-0.2, 0) is 7.05 Å². The molecule has 1 aromatic heterocycles. The fraction of sp³-hybridized carbons (Fsp3) is 0.0588. The van der Waals surface area contributed by atoms with Gasteiger partial charge in [0.05, 0.1) is 0 Å². The maximum atomic E-state index is 4.34. The van der Waals surface area contributed by atoms with E-state index >= 15 is 0 Å². The molecule has 108 valence electrons. The second kappa shape index (κ2) is 6.58. The Morgan fingerprint density at radius 1 is 0.818 bits per heavy atom. The zero-order chi connectivity index (χ0) is 15.2. The van der Waals surface area contributed by atoms with Crippen molar-refractivity contribution in [1.82, 2.24) is 14.8 Å². The van der Waals surface area contributed by atoms with Gasteiger partial charge in [0.15, 0.2) is 0 Å². The Kier molecular flexibility index (Phi) is 4.15. The Labute approximate surface area is 128 Å². The van der Waals surface area contributed by atoms with E-state index < -0.39 is 0 Å². The third-order valence-corrected chi connectivity index (χ3v) is 2.99. The van der Waals surface area contributed by atoms with Gasteiger partial charge < -0.3 is 0 Å². The maximum Gasteiger partial charge on any atom is 0.270 e. The number of hydrogen-bond acceptors (Lipinski definition) is 4. The Bertz CT molecular complexity index is 788. The van der Waals surface area contributed by atoms with Crippen molar-refractivity contribution in [3.05, 3.63) is 71.8 Å². The Morgan fingerprint density at radius 3 is 1.95 bits per heavy atom. The van der Waals surface area contributed by atoms with E-state index in [-0.39, 0.29) is 0 Å². The SMILES string of the molecule is Cn1nc(N=Cc2ccccc2)nc1N=Cc1ccccc1. The van der Waals surface area contributed by atoms with Crippen molar-refractivity contribution in [3.63, 3.8) is 0 Å². The van der Waals surface area contributed by atoms with E-state index in [9.17, 15) is 0 Å². The Morgan fingerprint density at radius 2 is 1.36 bits per heavy atom. The molecule has 0 saturated heterocycles.